The van der Waals surface area contributed by atoms with Crippen LogP contribution in [0.25, 0.3) is 10.8 Å². The van der Waals surface area contributed by atoms with E-state index in [9.17, 15) is 4.79 Å². The number of aromatic nitrogens is 1. The molecule has 1 aromatic heterocycles. The van der Waals surface area contributed by atoms with E-state index < -0.39 is 5.97 Å². The first kappa shape index (κ1) is 15.0. The third kappa shape index (κ3) is 4.07. The molecule has 3 aromatic rings. The van der Waals surface area contributed by atoms with Gasteiger partial charge in [-0.1, -0.05) is 36.4 Å². The van der Waals surface area contributed by atoms with Crippen molar-refractivity contribution in [2.75, 3.05) is 0 Å². The normalized spacial score (nSPS) is 10.6. The predicted molar refractivity (Wildman–Crippen MR) is 88.5 cm³/mol. The number of pyridine rings is 1. The molecule has 0 radical (unpaired) electrons. The Kier molecular flexibility index (Phi) is 4.52. The lowest BCUT2D eigenvalue weighted by atomic mass is 10.1. The van der Waals surface area contributed by atoms with E-state index in [1.165, 1.54) is 0 Å². The summed E-state index contributed by atoms with van der Waals surface area (Å²) in [6.45, 7) is 0.402. The van der Waals surface area contributed by atoms with Gasteiger partial charge in [0.1, 0.15) is 12.4 Å². The second kappa shape index (κ2) is 6.92. The molecule has 0 saturated heterocycles. The van der Waals surface area contributed by atoms with Crippen LogP contribution in [0.4, 0.5) is 0 Å². The molecule has 0 aliphatic rings. The smallest absolute Gasteiger partial charge is 0.303 e. The van der Waals surface area contributed by atoms with Gasteiger partial charge in [0.15, 0.2) is 0 Å². The standard InChI is InChI=1S/C19H17NO3/c21-19(22)10-7-14-5-8-18(9-6-14)23-13-17-11-15-3-1-2-4-16(15)12-20-17/h1-6,8-9,11-12H,7,10,13H2,(H,21,22). The van der Waals surface area contributed by atoms with Crippen LogP contribution in [-0.2, 0) is 17.8 Å². The maximum absolute atomic E-state index is 10.6. The number of nitrogens with zero attached hydrogens (tertiary/aromatic N) is 1. The highest BCUT2D eigenvalue weighted by atomic mass is 16.5. The third-order valence-corrected chi connectivity index (χ3v) is 3.63. The Labute approximate surface area is 134 Å². The highest BCUT2D eigenvalue weighted by Gasteiger charge is 2.02. The van der Waals surface area contributed by atoms with E-state index in [4.69, 9.17) is 9.84 Å². The number of rotatable bonds is 6. The van der Waals surface area contributed by atoms with Crippen LogP contribution in [0.2, 0.25) is 0 Å². The molecular formula is C19H17NO3. The summed E-state index contributed by atoms with van der Waals surface area (Å²) in [6.07, 6.45) is 2.52. The molecule has 0 bridgehead atoms. The fourth-order valence-electron chi connectivity index (χ4n) is 2.37. The fourth-order valence-corrected chi connectivity index (χ4v) is 2.37. The van der Waals surface area contributed by atoms with Gasteiger partial charge < -0.3 is 9.84 Å². The zero-order valence-corrected chi connectivity index (χ0v) is 12.6. The van der Waals surface area contributed by atoms with Crippen molar-refractivity contribution in [3.8, 4) is 5.75 Å². The number of hydrogen-bond donors (Lipinski definition) is 1. The molecule has 4 heteroatoms. The number of carboxylic acid groups (broad SMARTS) is 1. The first-order chi connectivity index (χ1) is 11.2. The molecular weight excluding hydrogens is 290 g/mol. The van der Waals surface area contributed by atoms with Crippen LogP contribution in [0.1, 0.15) is 17.7 Å². The minimum Gasteiger partial charge on any atom is -0.487 e. The molecule has 0 unspecified atom stereocenters. The third-order valence-electron chi connectivity index (χ3n) is 3.63. The minimum atomic E-state index is -0.785. The van der Waals surface area contributed by atoms with Gasteiger partial charge in [0.05, 0.1) is 5.69 Å². The monoisotopic (exact) mass is 307 g/mol. The Morgan fingerprint density at radius 3 is 2.52 bits per heavy atom. The topological polar surface area (TPSA) is 59.4 Å². The lowest BCUT2D eigenvalue weighted by Gasteiger charge is -2.07. The average Bonchev–Trinajstić information content (AvgIpc) is 2.59. The highest BCUT2D eigenvalue weighted by molar-refractivity contribution is 5.81. The molecule has 0 spiro atoms. The zero-order valence-electron chi connectivity index (χ0n) is 12.6. The molecule has 4 nitrogen and oxygen atoms in total. The summed E-state index contributed by atoms with van der Waals surface area (Å²) >= 11 is 0. The highest BCUT2D eigenvalue weighted by Crippen LogP contribution is 2.17. The summed E-state index contributed by atoms with van der Waals surface area (Å²) in [5, 5.41) is 10.9. The van der Waals surface area contributed by atoms with Crippen molar-refractivity contribution in [3.05, 3.63) is 72.1 Å². The average molecular weight is 307 g/mol. The molecule has 0 aliphatic carbocycles. The SMILES string of the molecule is O=C(O)CCc1ccc(OCc2cc3ccccc3cn2)cc1. The Balaban J connectivity index is 1.61. The van der Waals surface area contributed by atoms with Crippen LogP contribution in [0.5, 0.6) is 5.75 Å². The summed E-state index contributed by atoms with van der Waals surface area (Å²) in [7, 11) is 0. The molecule has 0 fully saturated rings. The van der Waals surface area contributed by atoms with Gasteiger partial charge in [-0.25, -0.2) is 0 Å². The first-order valence-electron chi connectivity index (χ1n) is 7.48. The molecule has 0 saturated carbocycles. The maximum atomic E-state index is 10.6. The Hall–Kier alpha value is -2.88. The number of ether oxygens (including phenoxy) is 1. The van der Waals surface area contributed by atoms with Crippen molar-refractivity contribution in [1.29, 1.82) is 0 Å². The largest absolute Gasteiger partial charge is 0.487 e. The van der Waals surface area contributed by atoms with Crippen LogP contribution >= 0.6 is 0 Å². The molecule has 3 rings (SSSR count). The summed E-state index contributed by atoms with van der Waals surface area (Å²) in [5.41, 5.74) is 1.86. The number of fused-ring (bicyclic) bond motifs is 1. The van der Waals surface area contributed by atoms with Crippen LogP contribution in [0, 0.1) is 0 Å². The van der Waals surface area contributed by atoms with Crippen LogP contribution in [0.3, 0.4) is 0 Å². The summed E-state index contributed by atoms with van der Waals surface area (Å²) in [6, 6.07) is 17.6. The van der Waals surface area contributed by atoms with Gasteiger partial charge in [0.25, 0.3) is 0 Å². The van der Waals surface area contributed by atoms with E-state index in [2.05, 4.69) is 11.1 Å². The summed E-state index contributed by atoms with van der Waals surface area (Å²) in [5.74, 6) is -0.0354. The summed E-state index contributed by atoms with van der Waals surface area (Å²) < 4.78 is 5.74. The molecule has 116 valence electrons. The maximum Gasteiger partial charge on any atom is 0.303 e. The minimum absolute atomic E-state index is 0.140. The van der Waals surface area contributed by atoms with Crippen molar-refractivity contribution in [1.82, 2.24) is 4.98 Å². The van der Waals surface area contributed by atoms with E-state index in [1.807, 2.05) is 54.7 Å². The molecule has 23 heavy (non-hydrogen) atoms. The van der Waals surface area contributed by atoms with Gasteiger partial charge >= 0.3 is 5.97 Å². The van der Waals surface area contributed by atoms with E-state index in [-0.39, 0.29) is 6.42 Å². The number of hydrogen-bond acceptors (Lipinski definition) is 3. The molecule has 2 aromatic carbocycles. The van der Waals surface area contributed by atoms with Gasteiger partial charge in [-0.15, -0.1) is 0 Å². The molecule has 0 aliphatic heterocycles. The van der Waals surface area contributed by atoms with Gasteiger partial charge in [-0.3, -0.25) is 9.78 Å². The zero-order chi connectivity index (χ0) is 16.1. The van der Waals surface area contributed by atoms with Crippen LogP contribution < -0.4 is 4.74 Å². The van der Waals surface area contributed by atoms with Gasteiger partial charge in [0, 0.05) is 18.0 Å². The Bertz CT molecular complexity index is 812. The van der Waals surface area contributed by atoms with Crippen LogP contribution in [-0.4, -0.2) is 16.1 Å². The van der Waals surface area contributed by atoms with Gasteiger partial charge in [-0.2, -0.15) is 0 Å². The van der Waals surface area contributed by atoms with Crippen molar-refractivity contribution >= 4 is 16.7 Å². The second-order valence-electron chi connectivity index (χ2n) is 5.35. The predicted octanol–water partition coefficient (Wildman–Crippen LogP) is 3.83. The number of carbonyl (C=O) groups is 1. The van der Waals surface area contributed by atoms with E-state index in [1.54, 1.807) is 0 Å². The van der Waals surface area contributed by atoms with Gasteiger partial charge in [0.2, 0.25) is 0 Å². The van der Waals surface area contributed by atoms with E-state index in [0.717, 1.165) is 27.8 Å². The first-order valence-corrected chi connectivity index (χ1v) is 7.48. The molecule has 1 N–H and O–H groups in total. The number of benzene rings is 2. The van der Waals surface area contributed by atoms with E-state index in [0.29, 0.717) is 13.0 Å². The van der Waals surface area contributed by atoms with Crippen molar-refractivity contribution in [3.63, 3.8) is 0 Å². The molecule has 1 heterocycles. The number of carboxylic acids is 1. The Morgan fingerprint density at radius 1 is 1.04 bits per heavy atom. The van der Waals surface area contributed by atoms with Crippen LogP contribution in [0.15, 0.2) is 60.8 Å². The number of aryl methyl sites for hydroxylation is 1. The van der Waals surface area contributed by atoms with Crippen molar-refractivity contribution in [2.45, 2.75) is 19.4 Å². The lowest BCUT2D eigenvalue weighted by molar-refractivity contribution is -0.136. The fraction of sp³-hybridized carbons (Fsp3) is 0.158. The number of aliphatic carboxylic acids is 1. The summed E-state index contributed by atoms with van der Waals surface area (Å²) in [4.78, 5) is 15.0. The second-order valence-corrected chi connectivity index (χ2v) is 5.35. The lowest BCUT2D eigenvalue weighted by Crippen LogP contribution is -1.99. The van der Waals surface area contributed by atoms with E-state index >= 15 is 0 Å². The quantitative estimate of drug-likeness (QED) is 0.752. The van der Waals surface area contributed by atoms with Crippen molar-refractivity contribution in [2.24, 2.45) is 0 Å². The Morgan fingerprint density at radius 2 is 1.78 bits per heavy atom. The van der Waals surface area contributed by atoms with Crippen molar-refractivity contribution < 1.29 is 14.6 Å². The van der Waals surface area contributed by atoms with Gasteiger partial charge in [-0.05, 0) is 35.6 Å². The molecule has 0 amide bonds. The molecule has 0 atom stereocenters.